The number of methoxy groups -OCH3 is 1. The number of aromatic hydroxyl groups is 1. The summed E-state index contributed by atoms with van der Waals surface area (Å²) in [7, 11) is 1.51. The molecule has 2 N–H and O–H groups in total. The summed E-state index contributed by atoms with van der Waals surface area (Å²) in [5.41, 5.74) is 1.44. The Balaban J connectivity index is 1.67. The number of ether oxygens (including phenoxy) is 2. The van der Waals surface area contributed by atoms with Crippen LogP contribution in [-0.2, 0) is 21.6 Å². The van der Waals surface area contributed by atoms with Crippen LogP contribution in [0.1, 0.15) is 30.4 Å². The van der Waals surface area contributed by atoms with Crippen LogP contribution in [0, 0.1) is 0 Å². The molecule has 3 rings (SSSR count). The molecule has 0 spiro atoms. The molecule has 5 nitrogen and oxygen atoms in total. The molecule has 0 amide bonds. The largest absolute Gasteiger partial charge is 0.504 e. The van der Waals surface area contributed by atoms with Gasteiger partial charge in [-0.05, 0) is 42.8 Å². The summed E-state index contributed by atoms with van der Waals surface area (Å²) in [6.07, 6.45) is 2.38. The van der Waals surface area contributed by atoms with Crippen LogP contribution in [-0.4, -0.2) is 31.3 Å². The summed E-state index contributed by atoms with van der Waals surface area (Å²) in [6.45, 7) is 1.66. The number of aryl methyl sites for hydroxylation is 1. The van der Waals surface area contributed by atoms with Crippen molar-refractivity contribution in [2.45, 2.75) is 31.3 Å². The summed E-state index contributed by atoms with van der Waals surface area (Å²) in [5, 5.41) is 13.0. The minimum atomic E-state index is -0.545. The molecule has 1 aliphatic heterocycles. The predicted molar refractivity (Wildman–Crippen MR) is 99.3 cm³/mol. The van der Waals surface area contributed by atoms with Gasteiger partial charge in [0.15, 0.2) is 11.5 Å². The van der Waals surface area contributed by atoms with E-state index in [9.17, 15) is 9.90 Å². The monoisotopic (exact) mass is 355 g/mol. The number of nitrogens with one attached hydrogen (secondary N) is 1. The lowest BCUT2D eigenvalue weighted by molar-refractivity contribution is -0.164. The lowest BCUT2D eigenvalue weighted by Crippen LogP contribution is -2.43. The molecule has 5 heteroatoms. The number of carbonyl (C=O) groups excluding carboxylic acids is 1. The third kappa shape index (κ3) is 4.17. The molecule has 0 atom stereocenters. The van der Waals surface area contributed by atoms with Gasteiger partial charge >= 0.3 is 5.97 Å². The minimum Gasteiger partial charge on any atom is -0.504 e. The molecule has 0 radical (unpaired) electrons. The molecule has 26 heavy (non-hydrogen) atoms. The fourth-order valence-corrected chi connectivity index (χ4v) is 3.42. The van der Waals surface area contributed by atoms with Gasteiger partial charge in [0.25, 0.3) is 0 Å². The molecule has 2 aromatic carbocycles. The number of benzene rings is 2. The summed E-state index contributed by atoms with van der Waals surface area (Å²) < 4.78 is 11.1. The first kappa shape index (κ1) is 18.3. The molecular weight excluding hydrogens is 330 g/mol. The Hall–Kier alpha value is -2.53. The molecule has 1 fully saturated rings. The number of carbonyl (C=O) groups is 1. The van der Waals surface area contributed by atoms with E-state index in [4.69, 9.17) is 9.47 Å². The Morgan fingerprint density at radius 3 is 2.58 bits per heavy atom. The van der Waals surface area contributed by atoms with E-state index in [-0.39, 0.29) is 18.1 Å². The highest BCUT2D eigenvalue weighted by Crippen LogP contribution is 2.35. The Morgan fingerprint density at radius 2 is 1.88 bits per heavy atom. The van der Waals surface area contributed by atoms with Gasteiger partial charge in [0.2, 0.25) is 0 Å². The fourth-order valence-electron chi connectivity index (χ4n) is 3.42. The molecule has 1 saturated heterocycles. The van der Waals surface area contributed by atoms with Crippen LogP contribution in [0.15, 0.2) is 48.5 Å². The van der Waals surface area contributed by atoms with Crippen molar-refractivity contribution in [2.24, 2.45) is 0 Å². The normalized spacial score (nSPS) is 16.0. The van der Waals surface area contributed by atoms with Crippen LogP contribution in [0.3, 0.4) is 0 Å². The lowest BCUT2D eigenvalue weighted by atomic mass is 9.84. The van der Waals surface area contributed by atoms with E-state index in [1.54, 1.807) is 18.2 Å². The maximum atomic E-state index is 12.6. The van der Waals surface area contributed by atoms with Crippen molar-refractivity contribution in [1.82, 2.24) is 5.32 Å². The number of hydrogen-bond acceptors (Lipinski definition) is 5. The summed E-state index contributed by atoms with van der Waals surface area (Å²) in [6, 6.07) is 15.1. The van der Waals surface area contributed by atoms with Crippen LogP contribution < -0.4 is 10.1 Å². The smallest absolute Gasteiger partial charge is 0.307 e. The van der Waals surface area contributed by atoms with Gasteiger partial charge in [0, 0.05) is 19.3 Å². The molecule has 0 aliphatic carbocycles. The van der Waals surface area contributed by atoms with Gasteiger partial charge < -0.3 is 19.9 Å². The Kier molecular flexibility index (Phi) is 5.78. The van der Waals surface area contributed by atoms with Gasteiger partial charge in [0.05, 0.1) is 7.11 Å². The van der Waals surface area contributed by atoms with Crippen LogP contribution in [0.2, 0.25) is 0 Å². The number of phenols is 1. The summed E-state index contributed by atoms with van der Waals surface area (Å²) >= 11 is 0. The number of hydrogen-bond donors (Lipinski definition) is 2. The van der Waals surface area contributed by atoms with Gasteiger partial charge in [-0.15, -0.1) is 0 Å². The van der Waals surface area contributed by atoms with Crippen LogP contribution in [0.4, 0.5) is 0 Å². The van der Waals surface area contributed by atoms with E-state index in [1.807, 2.05) is 30.3 Å². The highest BCUT2D eigenvalue weighted by molar-refractivity contribution is 5.70. The van der Waals surface area contributed by atoms with Gasteiger partial charge in [0.1, 0.15) is 5.60 Å². The molecule has 0 saturated carbocycles. The zero-order chi connectivity index (χ0) is 18.4. The molecule has 1 aliphatic rings. The second kappa shape index (κ2) is 8.23. The molecule has 2 aromatic rings. The van der Waals surface area contributed by atoms with Crippen LogP contribution in [0.5, 0.6) is 11.5 Å². The lowest BCUT2D eigenvalue weighted by Gasteiger charge is -2.37. The zero-order valence-corrected chi connectivity index (χ0v) is 15.0. The van der Waals surface area contributed by atoms with Crippen LogP contribution >= 0.6 is 0 Å². The number of phenolic OH excluding ortho intramolecular Hbond substituents is 1. The van der Waals surface area contributed by atoms with Crippen LogP contribution in [0.25, 0.3) is 0 Å². The second-order valence-corrected chi connectivity index (χ2v) is 6.59. The SMILES string of the molecule is COc1cc(CCC(=O)OC2(c3ccccc3)CCNCC2)ccc1O. The third-order valence-corrected chi connectivity index (χ3v) is 4.88. The van der Waals surface area contributed by atoms with Crippen molar-refractivity contribution < 1.29 is 19.4 Å². The third-order valence-electron chi connectivity index (χ3n) is 4.88. The topological polar surface area (TPSA) is 67.8 Å². The second-order valence-electron chi connectivity index (χ2n) is 6.59. The van der Waals surface area contributed by atoms with Crippen molar-refractivity contribution in [3.05, 3.63) is 59.7 Å². The van der Waals surface area contributed by atoms with E-state index in [0.29, 0.717) is 12.2 Å². The average molecular weight is 355 g/mol. The van der Waals surface area contributed by atoms with Crippen molar-refractivity contribution in [3.63, 3.8) is 0 Å². The Bertz CT molecular complexity index is 739. The van der Waals surface area contributed by atoms with E-state index in [1.165, 1.54) is 7.11 Å². The first-order valence-electron chi connectivity index (χ1n) is 8.97. The van der Waals surface area contributed by atoms with Gasteiger partial charge in [-0.2, -0.15) is 0 Å². The number of rotatable bonds is 6. The molecule has 1 heterocycles. The van der Waals surface area contributed by atoms with E-state index < -0.39 is 5.60 Å². The van der Waals surface area contributed by atoms with E-state index in [2.05, 4.69) is 5.32 Å². The molecule has 0 unspecified atom stereocenters. The van der Waals surface area contributed by atoms with Gasteiger partial charge in [-0.1, -0.05) is 36.4 Å². The maximum Gasteiger partial charge on any atom is 0.307 e. The zero-order valence-electron chi connectivity index (χ0n) is 15.0. The van der Waals surface area contributed by atoms with Gasteiger partial charge in [-0.3, -0.25) is 4.79 Å². The van der Waals surface area contributed by atoms with Crippen molar-refractivity contribution >= 4 is 5.97 Å². The number of esters is 1. The van der Waals surface area contributed by atoms with Crippen molar-refractivity contribution in [1.29, 1.82) is 0 Å². The first-order chi connectivity index (χ1) is 12.6. The Morgan fingerprint density at radius 1 is 1.15 bits per heavy atom. The predicted octanol–water partition coefficient (Wildman–Crippen LogP) is 3.16. The minimum absolute atomic E-state index is 0.0940. The van der Waals surface area contributed by atoms with Crippen molar-refractivity contribution in [2.75, 3.05) is 20.2 Å². The first-order valence-corrected chi connectivity index (χ1v) is 8.97. The Labute approximate surface area is 153 Å². The van der Waals surface area contributed by atoms with Crippen molar-refractivity contribution in [3.8, 4) is 11.5 Å². The molecule has 0 bridgehead atoms. The summed E-state index contributed by atoms with van der Waals surface area (Å²) in [4.78, 5) is 12.6. The molecule has 0 aromatic heterocycles. The van der Waals surface area contributed by atoms with Gasteiger partial charge in [-0.25, -0.2) is 0 Å². The molecule has 138 valence electrons. The highest BCUT2D eigenvalue weighted by atomic mass is 16.6. The standard InChI is InChI=1S/C21H25NO4/c1-25-19-15-16(7-9-18(19)23)8-10-20(24)26-21(11-13-22-14-12-21)17-5-3-2-4-6-17/h2-7,9,15,22-23H,8,10-14H2,1H3. The average Bonchev–Trinajstić information content (AvgIpc) is 2.69. The quantitative estimate of drug-likeness (QED) is 0.779. The van der Waals surface area contributed by atoms with E-state index >= 15 is 0 Å². The highest BCUT2D eigenvalue weighted by Gasteiger charge is 2.37. The summed E-state index contributed by atoms with van der Waals surface area (Å²) in [5.74, 6) is 0.300. The fraction of sp³-hybridized carbons (Fsp3) is 0.381. The number of piperidine rings is 1. The maximum absolute atomic E-state index is 12.6. The van der Waals surface area contributed by atoms with E-state index in [0.717, 1.165) is 37.1 Å². The molecular formula is C21H25NO4.